The van der Waals surface area contributed by atoms with Crippen LogP contribution in [0.15, 0.2) is 47.6 Å². The number of nitrogens with one attached hydrogen (secondary N) is 1. The molecule has 1 aromatic carbocycles. The van der Waals surface area contributed by atoms with E-state index in [1.54, 1.807) is 18.0 Å². The minimum atomic E-state index is -0.0393. The number of carbonyl (C=O) groups excluding carboxylic acids is 1. The highest BCUT2D eigenvalue weighted by Crippen LogP contribution is 2.29. The maximum absolute atomic E-state index is 12.0. The minimum absolute atomic E-state index is 0.0393. The maximum Gasteiger partial charge on any atom is 0.226 e. The lowest BCUT2D eigenvalue weighted by molar-refractivity contribution is -0.115. The fourth-order valence-electron chi connectivity index (χ4n) is 2.08. The van der Waals surface area contributed by atoms with Crippen LogP contribution in [0.3, 0.4) is 0 Å². The highest BCUT2D eigenvalue weighted by Gasteiger charge is 2.09. The Balaban J connectivity index is 1.55. The molecule has 0 spiro atoms. The molecule has 2 heterocycles. The minimum Gasteiger partial charge on any atom is -0.494 e. The van der Waals surface area contributed by atoms with Gasteiger partial charge >= 0.3 is 0 Å². The zero-order valence-corrected chi connectivity index (χ0v) is 14.8. The molecule has 0 aliphatic rings. The Morgan fingerprint density at radius 1 is 1.33 bits per heavy atom. The summed E-state index contributed by atoms with van der Waals surface area (Å²) in [6.45, 7) is 2.58. The van der Waals surface area contributed by atoms with Gasteiger partial charge in [0.2, 0.25) is 5.91 Å². The summed E-state index contributed by atoms with van der Waals surface area (Å²) < 4.78 is 6.48. The van der Waals surface area contributed by atoms with E-state index in [1.165, 1.54) is 11.3 Å². The van der Waals surface area contributed by atoms with Gasteiger partial charge in [0.15, 0.2) is 5.13 Å². The van der Waals surface area contributed by atoms with E-state index >= 15 is 0 Å². The predicted octanol–water partition coefficient (Wildman–Crippen LogP) is 4.21. The summed E-state index contributed by atoms with van der Waals surface area (Å²) in [5.74, 6) is 1.46. The second-order valence-electron chi connectivity index (χ2n) is 4.90. The molecule has 0 atom stereocenters. The highest BCUT2D eigenvalue weighted by atomic mass is 32.2. The maximum atomic E-state index is 12.0. The summed E-state index contributed by atoms with van der Waals surface area (Å²) in [4.78, 5) is 20.7. The van der Waals surface area contributed by atoms with E-state index in [4.69, 9.17) is 4.74 Å². The van der Waals surface area contributed by atoms with Gasteiger partial charge in [-0.1, -0.05) is 17.4 Å². The molecule has 7 heteroatoms. The van der Waals surface area contributed by atoms with Crippen molar-refractivity contribution in [3.63, 3.8) is 0 Å². The number of thiazole rings is 1. The molecule has 0 aliphatic carbocycles. The molecule has 0 aliphatic heterocycles. The van der Waals surface area contributed by atoms with Crippen molar-refractivity contribution in [3.8, 4) is 5.75 Å². The van der Waals surface area contributed by atoms with E-state index in [-0.39, 0.29) is 5.91 Å². The van der Waals surface area contributed by atoms with Crippen LogP contribution < -0.4 is 10.1 Å². The fourth-order valence-corrected chi connectivity index (χ4v) is 3.79. The van der Waals surface area contributed by atoms with Crippen molar-refractivity contribution in [2.24, 2.45) is 0 Å². The van der Waals surface area contributed by atoms with Gasteiger partial charge in [-0.3, -0.25) is 4.79 Å². The summed E-state index contributed by atoms with van der Waals surface area (Å²) in [7, 11) is 0. The van der Waals surface area contributed by atoms with E-state index in [2.05, 4.69) is 15.3 Å². The third-order valence-corrected chi connectivity index (χ3v) is 5.01. The number of hydrogen-bond donors (Lipinski definition) is 1. The number of aromatic nitrogens is 2. The monoisotopic (exact) mass is 359 g/mol. The van der Waals surface area contributed by atoms with Crippen molar-refractivity contribution in [1.82, 2.24) is 9.97 Å². The van der Waals surface area contributed by atoms with Crippen LogP contribution in [-0.4, -0.2) is 28.2 Å². The number of ether oxygens (including phenoxy) is 1. The molecule has 0 fully saturated rings. The Morgan fingerprint density at radius 3 is 3.04 bits per heavy atom. The number of pyridine rings is 1. The van der Waals surface area contributed by atoms with Crippen LogP contribution in [0, 0.1) is 0 Å². The second-order valence-corrected chi connectivity index (χ2v) is 7.04. The molecular formula is C17H17N3O2S2. The number of hydrogen-bond acceptors (Lipinski definition) is 6. The molecule has 0 saturated heterocycles. The summed E-state index contributed by atoms with van der Waals surface area (Å²) >= 11 is 3.02. The van der Waals surface area contributed by atoms with Crippen molar-refractivity contribution in [3.05, 3.63) is 42.6 Å². The van der Waals surface area contributed by atoms with Crippen LogP contribution >= 0.6 is 23.1 Å². The predicted molar refractivity (Wildman–Crippen MR) is 99.0 cm³/mol. The number of fused-ring (bicyclic) bond motifs is 1. The van der Waals surface area contributed by atoms with Gasteiger partial charge in [-0.05, 0) is 37.3 Å². The van der Waals surface area contributed by atoms with Crippen molar-refractivity contribution in [2.45, 2.75) is 18.4 Å². The van der Waals surface area contributed by atoms with Gasteiger partial charge in [0.05, 0.1) is 21.8 Å². The molecule has 1 N–H and O–H groups in total. The van der Waals surface area contributed by atoms with E-state index < -0.39 is 0 Å². The summed E-state index contributed by atoms with van der Waals surface area (Å²) in [6, 6.07) is 11.5. The number of thioether (sulfide) groups is 1. The van der Waals surface area contributed by atoms with Crippen molar-refractivity contribution in [2.75, 3.05) is 17.7 Å². The van der Waals surface area contributed by atoms with Gasteiger partial charge in [0.1, 0.15) is 5.75 Å². The molecular weight excluding hydrogens is 342 g/mol. The normalized spacial score (nSPS) is 10.7. The van der Waals surface area contributed by atoms with Crippen LogP contribution in [0.25, 0.3) is 10.2 Å². The summed E-state index contributed by atoms with van der Waals surface area (Å²) in [5.41, 5.74) is 0.863. The average molecular weight is 359 g/mol. The van der Waals surface area contributed by atoms with Crippen molar-refractivity contribution in [1.29, 1.82) is 0 Å². The van der Waals surface area contributed by atoms with Gasteiger partial charge < -0.3 is 10.1 Å². The smallest absolute Gasteiger partial charge is 0.226 e. The molecule has 0 saturated carbocycles. The molecule has 3 rings (SSSR count). The van der Waals surface area contributed by atoms with Gasteiger partial charge in [-0.25, -0.2) is 9.97 Å². The van der Waals surface area contributed by atoms with E-state index in [0.717, 1.165) is 21.0 Å². The Hall–Kier alpha value is -2.12. The fraction of sp³-hybridized carbons (Fsp3) is 0.235. The van der Waals surface area contributed by atoms with Crippen molar-refractivity contribution < 1.29 is 9.53 Å². The lowest BCUT2D eigenvalue weighted by Crippen LogP contribution is -2.11. The van der Waals surface area contributed by atoms with Crippen molar-refractivity contribution >= 4 is 44.4 Å². The van der Waals surface area contributed by atoms with Crippen LogP contribution in [0.1, 0.15) is 13.3 Å². The SMILES string of the molecule is CCOc1ccc2nc(NC(=O)CCSc3ccccn3)sc2c1. The molecule has 0 bridgehead atoms. The summed E-state index contributed by atoms with van der Waals surface area (Å²) in [5, 5.41) is 4.40. The quantitative estimate of drug-likeness (QED) is 0.640. The van der Waals surface area contributed by atoms with Gasteiger partial charge in [-0.15, -0.1) is 11.8 Å². The highest BCUT2D eigenvalue weighted by molar-refractivity contribution is 7.99. The molecule has 3 aromatic rings. The largest absolute Gasteiger partial charge is 0.494 e. The zero-order valence-electron chi connectivity index (χ0n) is 13.2. The third kappa shape index (κ3) is 4.46. The Morgan fingerprint density at radius 2 is 2.25 bits per heavy atom. The van der Waals surface area contributed by atoms with E-state index in [0.29, 0.717) is 23.9 Å². The average Bonchev–Trinajstić information content (AvgIpc) is 2.97. The summed E-state index contributed by atoms with van der Waals surface area (Å²) in [6.07, 6.45) is 2.17. The zero-order chi connectivity index (χ0) is 16.8. The number of nitrogens with zero attached hydrogens (tertiary/aromatic N) is 2. The van der Waals surface area contributed by atoms with Gasteiger partial charge in [-0.2, -0.15) is 0 Å². The Kier molecular flexibility index (Phi) is 5.66. The van der Waals surface area contributed by atoms with Crippen LogP contribution in [0.4, 0.5) is 5.13 Å². The number of benzene rings is 1. The van der Waals surface area contributed by atoms with Crippen LogP contribution in [0.2, 0.25) is 0 Å². The molecule has 24 heavy (non-hydrogen) atoms. The third-order valence-electron chi connectivity index (χ3n) is 3.13. The molecule has 0 unspecified atom stereocenters. The Bertz CT molecular complexity index is 821. The number of carbonyl (C=O) groups is 1. The number of amides is 1. The van der Waals surface area contributed by atoms with Crippen LogP contribution in [-0.2, 0) is 4.79 Å². The van der Waals surface area contributed by atoms with E-state index in [9.17, 15) is 4.79 Å². The molecule has 124 valence electrons. The van der Waals surface area contributed by atoms with Gasteiger partial charge in [0, 0.05) is 18.4 Å². The first kappa shape index (κ1) is 16.7. The first-order chi connectivity index (χ1) is 11.7. The van der Waals surface area contributed by atoms with E-state index in [1.807, 2.05) is 43.3 Å². The lowest BCUT2D eigenvalue weighted by atomic mass is 10.3. The Labute approximate surface area is 148 Å². The van der Waals surface area contributed by atoms with Gasteiger partial charge in [0.25, 0.3) is 0 Å². The first-order valence-corrected chi connectivity index (χ1v) is 9.42. The first-order valence-electron chi connectivity index (χ1n) is 7.61. The topological polar surface area (TPSA) is 64.1 Å². The molecule has 2 aromatic heterocycles. The second kappa shape index (κ2) is 8.12. The number of anilines is 1. The number of rotatable bonds is 7. The lowest BCUT2D eigenvalue weighted by Gasteiger charge is -2.01. The molecule has 1 amide bonds. The standard InChI is InChI=1S/C17H17N3O2S2/c1-2-22-12-6-7-13-14(11-12)24-17(19-13)20-15(21)8-10-23-16-5-3-4-9-18-16/h3-7,9,11H,2,8,10H2,1H3,(H,19,20,21). The molecule has 5 nitrogen and oxygen atoms in total. The van der Waals surface area contributed by atoms with Crippen LogP contribution in [0.5, 0.6) is 5.75 Å². The molecule has 0 radical (unpaired) electrons.